The van der Waals surface area contributed by atoms with Crippen molar-refractivity contribution >= 4 is 29.3 Å². The van der Waals surface area contributed by atoms with Crippen molar-refractivity contribution in [3.8, 4) is 0 Å². The SMILES string of the molecule is O=C(O)/C=C/c1csc(CN2CCCC3C(=O)NCC32)c1. The van der Waals surface area contributed by atoms with Crippen LogP contribution in [0.1, 0.15) is 23.3 Å². The molecule has 2 unspecified atom stereocenters. The van der Waals surface area contributed by atoms with Crippen LogP contribution in [0.2, 0.25) is 0 Å². The minimum Gasteiger partial charge on any atom is -0.478 e. The normalized spacial score (nSPS) is 26.0. The molecule has 112 valence electrons. The molecular formula is C15H18N2O3S. The highest BCUT2D eigenvalue weighted by molar-refractivity contribution is 7.10. The van der Waals surface area contributed by atoms with E-state index in [1.165, 1.54) is 4.88 Å². The summed E-state index contributed by atoms with van der Waals surface area (Å²) in [5.41, 5.74) is 0.923. The predicted octanol–water partition coefficient (Wildman–Crippen LogP) is 1.56. The van der Waals surface area contributed by atoms with Crippen LogP contribution >= 0.6 is 11.3 Å². The molecule has 6 heteroatoms. The zero-order valence-electron chi connectivity index (χ0n) is 11.6. The number of nitrogens with zero attached hydrogens (tertiary/aromatic N) is 1. The smallest absolute Gasteiger partial charge is 0.328 e. The number of amides is 1. The van der Waals surface area contributed by atoms with E-state index in [1.807, 2.05) is 11.4 Å². The maximum absolute atomic E-state index is 11.8. The van der Waals surface area contributed by atoms with E-state index in [9.17, 15) is 9.59 Å². The molecule has 3 rings (SSSR count). The number of aliphatic carboxylic acids is 1. The van der Waals surface area contributed by atoms with E-state index in [0.717, 1.165) is 44.1 Å². The molecule has 1 amide bonds. The van der Waals surface area contributed by atoms with Crippen molar-refractivity contribution in [2.75, 3.05) is 13.1 Å². The number of thiophene rings is 1. The average Bonchev–Trinajstić information content (AvgIpc) is 3.05. The first-order valence-corrected chi connectivity index (χ1v) is 8.01. The first-order valence-electron chi connectivity index (χ1n) is 7.13. The van der Waals surface area contributed by atoms with Crippen molar-refractivity contribution in [3.05, 3.63) is 28.0 Å². The van der Waals surface area contributed by atoms with E-state index in [4.69, 9.17) is 5.11 Å². The first-order chi connectivity index (χ1) is 10.1. The molecule has 5 nitrogen and oxygen atoms in total. The summed E-state index contributed by atoms with van der Waals surface area (Å²) in [6.45, 7) is 2.61. The van der Waals surface area contributed by atoms with Crippen LogP contribution in [0.5, 0.6) is 0 Å². The molecule has 0 spiro atoms. The number of hydrogen-bond acceptors (Lipinski definition) is 4. The minimum atomic E-state index is -0.933. The van der Waals surface area contributed by atoms with Gasteiger partial charge in [-0.3, -0.25) is 9.69 Å². The Kier molecular flexibility index (Phi) is 4.07. The summed E-state index contributed by atoms with van der Waals surface area (Å²) >= 11 is 1.64. The van der Waals surface area contributed by atoms with E-state index >= 15 is 0 Å². The molecule has 2 aliphatic heterocycles. The third kappa shape index (κ3) is 3.16. The Hall–Kier alpha value is -1.66. The van der Waals surface area contributed by atoms with Gasteiger partial charge >= 0.3 is 5.97 Å². The Balaban J connectivity index is 1.66. The number of carboxylic acids is 1. The van der Waals surface area contributed by atoms with Gasteiger partial charge in [-0.1, -0.05) is 0 Å². The van der Waals surface area contributed by atoms with E-state index in [1.54, 1.807) is 17.4 Å². The fourth-order valence-corrected chi connectivity index (χ4v) is 4.05. The van der Waals surface area contributed by atoms with Crippen molar-refractivity contribution < 1.29 is 14.7 Å². The van der Waals surface area contributed by atoms with Crippen molar-refractivity contribution in [1.82, 2.24) is 10.2 Å². The van der Waals surface area contributed by atoms with Crippen molar-refractivity contribution in [2.24, 2.45) is 5.92 Å². The van der Waals surface area contributed by atoms with Gasteiger partial charge in [-0.15, -0.1) is 11.3 Å². The number of fused-ring (bicyclic) bond motifs is 1. The molecule has 1 aromatic rings. The number of carbonyl (C=O) groups excluding carboxylic acids is 1. The zero-order valence-corrected chi connectivity index (χ0v) is 12.4. The van der Waals surface area contributed by atoms with Gasteiger partial charge in [0.15, 0.2) is 0 Å². The van der Waals surface area contributed by atoms with Crippen LogP contribution in [0.3, 0.4) is 0 Å². The first kappa shape index (κ1) is 14.3. The van der Waals surface area contributed by atoms with Crippen LogP contribution in [0.25, 0.3) is 6.08 Å². The Labute approximate surface area is 127 Å². The molecule has 2 saturated heterocycles. The van der Waals surface area contributed by atoms with Gasteiger partial charge in [0, 0.05) is 30.1 Å². The third-order valence-electron chi connectivity index (χ3n) is 4.17. The van der Waals surface area contributed by atoms with Gasteiger partial charge in [0.2, 0.25) is 5.91 Å². The summed E-state index contributed by atoms with van der Waals surface area (Å²) in [6.07, 6.45) is 4.82. The molecule has 21 heavy (non-hydrogen) atoms. The summed E-state index contributed by atoms with van der Waals surface area (Å²) in [4.78, 5) is 25.9. The van der Waals surface area contributed by atoms with Gasteiger partial charge in [0.1, 0.15) is 0 Å². The van der Waals surface area contributed by atoms with Crippen LogP contribution in [-0.2, 0) is 16.1 Å². The fourth-order valence-electron chi connectivity index (χ4n) is 3.17. The van der Waals surface area contributed by atoms with E-state index in [0.29, 0.717) is 6.04 Å². The van der Waals surface area contributed by atoms with Gasteiger partial charge < -0.3 is 10.4 Å². The van der Waals surface area contributed by atoms with Crippen molar-refractivity contribution in [3.63, 3.8) is 0 Å². The van der Waals surface area contributed by atoms with Crippen LogP contribution in [-0.4, -0.2) is 41.0 Å². The summed E-state index contributed by atoms with van der Waals surface area (Å²) in [6, 6.07) is 2.34. The molecular weight excluding hydrogens is 288 g/mol. The lowest BCUT2D eigenvalue weighted by Gasteiger charge is -2.35. The van der Waals surface area contributed by atoms with E-state index in [-0.39, 0.29) is 11.8 Å². The van der Waals surface area contributed by atoms with Gasteiger partial charge in [-0.05, 0) is 42.5 Å². The lowest BCUT2D eigenvalue weighted by Crippen LogP contribution is -2.44. The second-order valence-electron chi connectivity index (χ2n) is 5.55. The standard InChI is InChI=1S/C15H18N2O3S/c18-14(19)4-3-10-6-11(21-9-10)8-17-5-1-2-12-13(17)7-16-15(12)20/h3-4,6,9,12-13H,1-2,5,7-8H2,(H,16,20)(H,18,19)/b4-3+. The second kappa shape index (κ2) is 5.99. The number of carbonyl (C=O) groups is 2. The highest BCUT2D eigenvalue weighted by Crippen LogP contribution is 2.29. The molecule has 3 heterocycles. The molecule has 0 bridgehead atoms. The second-order valence-corrected chi connectivity index (χ2v) is 6.55. The molecule has 0 radical (unpaired) electrons. The lowest BCUT2D eigenvalue weighted by molar-refractivity contribution is -0.131. The van der Waals surface area contributed by atoms with E-state index < -0.39 is 5.97 Å². The summed E-state index contributed by atoms with van der Waals surface area (Å²) in [5.74, 6) is -0.594. The van der Waals surface area contributed by atoms with Crippen molar-refractivity contribution in [2.45, 2.75) is 25.4 Å². The number of hydrogen-bond donors (Lipinski definition) is 2. The number of nitrogens with one attached hydrogen (secondary N) is 1. The van der Waals surface area contributed by atoms with Crippen LogP contribution in [0, 0.1) is 5.92 Å². The highest BCUT2D eigenvalue weighted by atomic mass is 32.1. The quantitative estimate of drug-likeness (QED) is 0.828. The molecule has 1 aromatic heterocycles. The number of likely N-dealkylation sites (tertiary alicyclic amines) is 1. The summed E-state index contributed by atoms with van der Waals surface area (Å²) < 4.78 is 0. The molecule has 2 aliphatic rings. The zero-order chi connectivity index (χ0) is 14.8. The average molecular weight is 306 g/mol. The molecule has 2 atom stereocenters. The Morgan fingerprint density at radius 1 is 1.57 bits per heavy atom. The third-order valence-corrected chi connectivity index (χ3v) is 5.11. The van der Waals surface area contributed by atoms with Gasteiger partial charge in [0.25, 0.3) is 0 Å². The largest absolute Gasteiger partial charge is 0.478 e. The summed E-state index contributed by atoms with van der Waals surface area (Å²) in [7, 11) is 0. The number of carboxylic acid groups (broad SMARTS) is 1. The highest BCUT2D eigenvalue weighted by Gasteiger charge is 2.40. The monoisotopic (exact) mass is 306 g/mol. The van der Waals surface area contributed by atoms with Crippen molar-refractivity contribution in [1.29, 1.82) is 0 Å². The number of rotatable bonds is 4. The lowest BCUT2D eigenvalue weighted by atomic mass is 9.91. The molecule has 2 N–H and O–H groups in total. The maximum Gasteiger partial charge on any atom is 0.328 e. The number of piperidine rings is 1. The molecule has 0 aliphatic carbocycles. The van der Waals surface area contributed by atoms with Gasteiger partial charge in [0.05, 0.1) is 5.92 Å². The van der Waals surface area contributed by atoms with Gasteiger partial charge in [-0.25, -0.2) is 4.79 Å². The topological polar surface area (TPSA) is 69.6 Å². The van der Waals surface area contributed by atoms with Crippen LogP contribution < -0.4 is 5.32 Å². The maximum atomic E-state index is 11.8. The van der Waals surface area contributed by atoms with Crippen LogP contribution in [0.15, 0.2) is 17.5 Å². The minimum absolute atomic E-state index is 0.144. The molecule has 2 fully saturated rings. The molecule has 0 aromatic carbocycles. The van der Waals surface area contributed by atoms with Gasteiger partial charge in [-0.2, -0.15) is 0 Å². The molecule has 0 saturated carbocycles. The Morgan fingerprint density at radius 3 is 3.24 bits per heavy atom. The Bertz CT molecular complexity index is 581. The van der Waals surface area contributed by atoms with E-state index in [2.05, 4.69) is 10.2 Å². The summed E-state index contributed by atoms with van der Waals surface area (Å²) in [5, 5.41) is 13.6. The Morgan fingerprint density at radius 2 is 2.43 bits per heavy atom. The fraction of sp³-hybridized carbons (Fsp3) is 0.467. The predicted molar refractivity (Wildman–Crippen MR) is 80.9 cm³/mol. The van der Waals surface area contributed by atoms with Crippen LogP contribution in [0.4, 0.5) is 0 Å².